The van der Waals surface area contributed by atoms with Crippen molar-refractivity contribution in [2.24, 2.45) is 5.92 Å². The maximum Gasteiger partial charge on any atom is -0.0102 e. The van der Waals surface area contributed by atoms with Crippen molar-refractivity contribution in [3.8, 4) is 0 Å². The van der Waals surface area contributed by atoms with Crippen molar-refractivity contribution in [2.75, 3.05) is 0 Å². The number of allylic oxidation sites excluding steroid dienone is 1. The Kier molecular flexibility index (Phi) is 3.94. The zero-order valence-electron chi connectivity index (χ0n) is 9.46. The molecule has 0 saturated carbocycles. The lowest BCUT2D eigenvalue weighted by molar-refractivity contribution is 0.501. The summed E-state index contributed by atoms with van der Waals surface area (Å²) >= 11 is 0. The second-order valence-electron chi connectivity index (χ2n) is 4.23. The number of benzene rings is 1. The Hall–Kier alpha value is -1.04. The van der Waals surface area contributed by atoms with Crippen LogP contribution in [-0.2, 0) is 0 Å². The van der Waals surface area contributed by atoms with Gasteiger partial charge in [-0.1, -0.05) is 44.2 Å². The van der Waals surface area contributed by atoms with Gasteiger partial charge in [0.15, 0.2) is 0 Å². The Morgan fingerprint density at radius 2 is 1.93 bits per heavy atom. The number of hydrogen-bond acceptors (Lipinski definition) is 0. The van der Waals surface area contributed by atoms with Crippen LogP contribution >= 0.6 is 0 Å². The van der Waals surface area contributed by atoms with E-state index in [1.165, 1.54) is 11.1 Å². The van der Waals surface area contributed by atoms with Crippen LogP contribution < -0.4 is 0 Å². The molecular formula is C14H20. The SMILES string of the molecule is C=CCC(c1ccccc1C)C(C)C. The van der Waals surface area contributed by atoms with Crippen molar-refractivity contribution in [3.63, 3.8) is 0 Å². The molecule has 0 nitrogen and oxygen atoms in total. The van der Waals surface area contributed by atoms with Crippen LogP contribution in [0.4, 0.5) is 0 Å². The third-order valence-electron chi connectivity index (χ3n) is 2.81. The van der Waals surface area contributed by atoms with E-state index in [1.807, 2.05) is 6.08 Å². The molecule has 0 aliphatic carbocycles. The lowest BCUT2D eigenvalue weighted by Gasteiger charge is -2.21. The zero-order chi connectivity index (χ0) is 10.6. The quantitative estimate of drug-likeness (QED) is 0.618. The Morgan fingerprint density at radius 1 is 1.29 bits per heavy atom. The summed E-state index contributed by atoms with van der Waals surface area (Å²) in [4.78, 5) is 0. The van der Waals surface area contributed by atoms with Gasteiger partial charge in [-0.05, 0) is 36.3 Å². The molecule has 0 heteroatoms. The van der Waals surface area contributed by atoms with E-state index in [9.17, 15) is 0 Å². The molecule has 0 aromatic heterocycles. The van der Waals surface area contributed by atoms with E-state index in [-0.39, 0.29) is 0 Å². The Morgan fingerprint density at radius 3 is 2.43 bits per heavy atom. The van der Waals surface area contributed by atoms with E-state index in [2.05, 4.69) is 51.6 Å². The molecule has 0 fully saturated rings. The molecule has 14 heavy (non-hydrogen) atoms. The maximum absolute atomic E-state index is 3.84. The first kappa shape index (κ1) is 11.0. The van der Waals surface area contributed by atoms with Crippen LogP contribution in [-0.4, -0.2) is 0 Å². The van der Waals surface area contributed by atoms with E-state index in [4.69, 9.17) is 0 Å². The third-order valence-corrected chi connectivity index (χ3v) is 2.81. The Balaban J connectivity index is 2.98. The lowest BCUT2D eigenvalue weighted by atomic mass is 9.84. The van der Waals surface area contributed by atoms with Crippen LogP contribution in [0.3, 0.4) is 0 Å². The van der Waals surface area contributed by atoms with Gasteiger partial charge in [-0.15, -0.1) is 6.58 Å². The second kappa shape index (κ2) is 4.99. The molecule has 0 N–H and O–H groups in total. The van der Waals surface area contributed by atoms with Crippen LogP contribution in [0.25, 0.3) is 0 Å². The van der Waals surface area contributed by atoms with Crippen molar-refractivity contribution in [2.45, 2.75) is 33.1 Å². The summed E-state index contributed by atoms with van der Waals surface area (Å²) in [5.41, 5.74) is 2.87. The standard InChI is InChI=1S/C14H20/c1-5-8-13(11(2)3)14-10-7-6-9-12(14)4/h5-7,9-11,13H,1,8H2,2-4H3. The van der Waals surface area contributed by atoms with Gasteiger partial charge in [-0.2, -0.15) is 0 Å². The van der Waals surface area contributed by atoms with Crippen LogP contribution in [0.5, 0.6) is 0 Å². The molecule has 1 aromatic rings. The highest BCUT2D eigenvalue weighted by molar-refractivity contribution is 5.29. The first-order valence-corrected chi connectivity index (χ1v) is 5.33. The Labute approximate surface area is 87.7 Å². The molecule has 0 heterocycles. The molecular weight excluding hydrogens is 168 g/mol. The van der Waals surface area contributed by atoms with Gasteiger partial charge in [-0.25, -0.2) is 0 Å². The minimum absolute atomic E-state index is 0.619. The molecule has 0 spiro atoms. The predicted molar refractivity (Wildman–Crippen MR) is 63.6 cm³/mol. The fourth-order valence-corrected chi connectivity index (χ4v) is 1.94. The van der Waals surface area contributed by atoms with Crippen molar-refractivity contribution < 1.29 is 0 Å². The summed E-state index contributed by atoms with van der Waals surface area (Å²) in [6.45, 7) is 10.6. The summed E-state index contributed by atoms with van der Waals surface area (Å²) < 4.78 is 0. The van der Waals surface area contributed by atoms with Gasteiger partial charge in [0.25, 0.3) is 0 Å². The predicted octanol–water partition coefficient (Wildman–Crippen LogP) is 4.31. The van der Waals surface area contributed by atoms with Crippen LogP contribution in [0.2, 0.25) is 0 Å². The highest BCUT2D eigenvalue weighted by atomic mass is 14.2. The van der Waals surface area contributed by atoms with Crippen molar-refractivity contribution in [3.05, 3.63) is 48.0 Å². The normalized spacial score (nSPS) is 12.9. The molecule has 0 saturated heterocycles. The monoisotopic (exact) mass is 188 g/mol. The minimum Gasteiger partial charge on any atom is -0.103 e. The number of hydrogen-bond donors (Lipinski definition) is 0. The van der Waals surface area contributed by atoms with Crippen LogP contribution in [0.15, 0.2) is 36.9 Å². The second-order valence-corrected chi connectivity index (χ2v) is 4.23. The van der Waals surface area contributed by atoms with E-state index in [0.717, 1.165) is 6.42 Å². The smallest absolute Gasteiger partial charge is 0.0102 e. The highest BCUT2D eigenvalue weighted by Crippen LogP contribution is 2.30. The topological polar surface area (TPSA) is 0 Å². The molecule has 76 valence electrons. The molecule has 0 aliphatic heterocycles. The van der Waals surface area contributed by atoms with Crippen LogP contribution in [0, 0.1) is 12.8 Å². The molecule has 0 radical (unpaired) electrons. The molecule has 0 amide bonds. The van der Waals surface area contributed by atoms with Crippen molar-refractivity contribution >= 4 is 0 Å². The first-order chi connectivity index (χ1) is 6.66. The molecule has 0 aliphatic rings. The number of aryl methyl sites for hydroxylation is 1. The van der Waals surface area contributed by atoms with Crippen molar-refractivity contribution in [1.82, 2.24) is 0 Å². The summed E-state index contributed by atoms with van der Waals surface area (Å²) in [6, 6.07) is 8.65. The zero-order valence-corrected chi connectivity index (χ0v) is 9.46. The van der Waals surface area contributed by atoms with Gasteiger partial charge in [-0.3, -0.25) is 0 Å². The van der Waals surface area contributed by atoms with Gasteiger partial charge in [0.2, 0.25) is 0 Å². The first-order valence-electron chi connectivity index (χ1n) is 5.33. The fraction of sp³-hybridized carbons (Fsp3) is 0.429. The fourth-order valence-electron chi connectivity index (χ4n) is 1.94. The minimum atomic E-state index is 0.619. The van der Waals surface area contributed by atoms with Gasteiger partial charge in [0, 0.05) is 0 Å². The molecule has 1 rings (SSSR count). The molecule has 1 atom stereocenters. The summed E-state index contributed by atoms with van der Waals surface area (Å²) in [6.07, 6.45) is 3.10. The van der Waals surface area contributed by atoms with E-state index in [1.54, 1.807) is 0 Å². The summed E-state index contributed by atoms with van der Waals surface area (Å²) in [5.74, 6) is 1.29. The lowest BCUT2D eigenvalue weighted by Crippen LogP contribution is -2.07. The van der Waals surface area contributed by atoms with Gasteiger partial charge < -0.3 is 0 Å². The largest absolute Gasteiger partial charge is 0.103 e. The summed E-state index contributed by atoms with van der Waals surface area (Å²) in [7, 11) is 0. The van der Waals surface area contributed by atoms with Crippen LogP contribution in [0.1, 0.15) is 37.3 Å². The number of rotatable bonds is 4. The molecule has 0 bridgehead atoms. The highest BCUT2D eigenvalue weighted by Gasteiger charge is 2.15. The van der Waals surface area contributed by atoms with Gasteiger partial charge >= 0.3 is 0 Å². The molecule has 1 aromatic carbocycles. The maximum atomic E-state index is 3.84. The van der Waals surface area contributed by atoms with E-state index < -0.39 is 0 Å². The van der Waals surface area contributed by atoms with Gasteiger partial charge in [0.1, 0.15) is 0 Å². The van der Waals surface area contributed by atoms with E-state index in [0.29, 0.717) is 11.8 Å². The average Bonchev–Trinajstić information content (AvgIpc) is 2.15. The summed E-state index contributed by atoms with van der Waals surface area (Å²) in [5, 5.41) is 0. The molecule has 1 unspecified atom stereocenters. The van der Waals surface area contributed by atoms with Crippen molar-refractivity contribution in [1.29, 1.82) is 0 Å². The van der Waals surface area contributed by atoms with Gasteiger partial charge in [0.05, 0.1) is 0 Å². The van der Waals surface area contributed by atoms with E-state index >= 15 is 0 Å². The Bertz CT molecular complexity index is 297. The average molecular weight is 188 g/mol. The third kappa shape index (κ3) is 2.47.